The van der Waals surface area contributed by atoms with Gasteiger partial charge in [0.15, 0.2) is 5.82 Å². The van der Waals surface area contributed by atoms with Crippen LogP contribution in [0.3, 0.4) is 0 Å². The molecule has 0 saturated heterocycles. The van der Waals surface area contributed by atoms with Crippen molar-refractivity contribution in [2.75, 3.05) is 17.7 Å². The first-order chi connectivity index (χ1) is 8.16. The van der Waals surface area contributed by atoms with Crippen LogP contribution in [0.1, 0.15) is 5.56 Å². The van der Waals surface area contributed by atoms with Gasteiger partial charge in [-0.25, -0.2) is 9.97 Å². The van der Waals surface area contributed by atoms with Crippen molar-refractivity contribution in [2.45, 2.75) is 6.54 Å². The lowest BCUT2D eigenvalue weighted by Gasteiger charge is -2.19. The maximum absolute atomic E-state index is 5.94. The average Bonchev–Trinajstić information content (AvgIpc) is 2.29. The van der Waals surface area contributed by atoms with Crippen LogP contribution < -0.4 is 10.6 Å². The SMILES string of the molecule is CN(Cc1cccc(Cl)c1)c1ncncc1N. The quantitative estimate of drug-likeness (QED) is 0.906. The number of rotatable bonds is 3. The van der Waals surface area contributed by atoms with Crippen LogP contribution in [0.2, 0.25) is 5.02 Å². The number of anilines is 2. The number of nitrogens with zero attached hydrogens (tertiary/aromatic N) is 3. The Hall–Kier alpha value is -1.81. The molecule has 0 aliphatic heterocycles. The predicted octanol–water partition coefficient (Wildman–Crippen LogP) is 2.35. The molecule has 0 spiro atoms. The van der Waals surface area contributed by atoms with Crippen LogP contribution >= 0.6 is 11.6 Å². The van der Waals surface area contributed by atoms with E-state index < -0.39 is 0 Å². The zero-order valence-electron chi connectivity index (χ0n) is 9.47. The average molecular weight is 249 g/mol. The van der Waals surface area contributed by atoms with Gasteiger partial charge in [-0.1, -0.05) is 23.7 Å². The summed E-state index contributed by atoms with van der Waals surface area (Å²) in [5.41, 5.74) is 7.49. The zero-order chi connectivity index (χ0) is 12.3. The lowest BCUT2D eigenvalue weighted by Crippen LogP contribution is -2.19. The third-order valence-corrected chi connectivity index (χ3v) is 2.62. The maximum atomic E-state index is 5.94. The molecule has 0 aliphatic rings. The fourth-order valence-corrected chi connectivity index (χ4v) is 1.85. The summed E-state index contributed by atoms with van der Waals surface area (Å²) in [6, 6.07) is 7.72. The fraction of sp³-hybridized carbons (Fsp3) is 0.167. The summed E-state index contributed by atoms with van der Waals surface area (Å²) < 4.78 is 0. The second kappa shape index (κ2) is 5.01. The second-order valence-corrected chi connectivity index (χ2v) is 4.22. The second-order valence-electron chi connectivity index (χ2n) is 3.79. The van der Waals surface area contributed by atoms with E-state index in [1.165, 1.54) is 6.33 Å². The first-order valence-corrected chi connectivity index (χ1v) is 5.55. The van der Waals surface area contributed by atoms with Crippen molar-refractivity contribution in [1.29, 1.82) is 0 Å². The Bertz CT molecular complexity index is 515. The molecule has 0 bridgehead atoms. The molecule has 5 heteroatoms. The Labute approximate surface area is 105 Å². The summed E-state index contributed by atoms with van der Waals surface area (Å²) in [5.74, 6) is 0.722. The molecule has 0 amide bonds. The van der Waals surface area contributed by atoms with E-state index in [9.17, 15) is 0 Å². The highest BCUT2D eigenvalue weighted by Gasteiger charge is 2.07. The van der Waals surface area contributed by atoms with E-state index in [1.807, 2.05) is 36.2 Å². The van der Waals surface area contributed by atoms with E-state index >= 15 is 0 Å². The molecule has 0 unspecified atom stereocenters. The van der Waals surface area contributed by atoms with Gasteiger partial charge in [0.1, 0.15) is 6.33 Å². The third kappa shape index (κ3) is 2.85. The Morgan fingerprint density at radius 1 is 1.41 bits per heavy atom. The Morgan fingerprint density at radius 2 is 2.24 bits per heavy atom. The summed E-state index contributed by atoms with van der Waals surface area (Å²) in [6.45, 7) is 0.696. The molecule has 2 aromatic rings. The van der Waals surface area contributed by atoms with Crippen molar-refractivity contribution in [3.63, 3.8) is 0 Å². The van der Waals surface area contributed by atoms with Gasteiger partial charge in [0, 0.05) is 18.6 Å². The minimum atomic E-state index is 0.567. The summed E-state index contributed by atoms with van der Waals surface area (Å²) in [6.07, 6.45) is 3.08. The number of hydrogen-bond donors (Lipinski definition) is 1. The van der Waals surface area contributed by atoms with Gasteiger partial charge in [-0.15, -0.1) is 0 Å². The fourth-order valence-electron chi connectivity index (χ4n) is 1.64. The summed E-state index contributed by atoms with van der Waals surface area (Å²) in [5, 5.41) is 0.728. The normalized spacial score (nSPS) is 10.2. The standard InChI is InChI=1S/C12H13ClN4/c1-17(12-11(14)6-15-8-16-12)7-9-3-2-4-10(13)5-9/h2-6,8H,7,14H2,1H3. The van der Waals surface area contributed by atoms with Crippen molar-refractivity contribution in [1.82, 2.24) is 9.97 Å². The smallest absolute Gasteiger partial charge is 0.155 e. The first kappa shape index (κ1) is 11.7. The summed E-state index contributed by atoms with van der Waals surface area (Å²) in [4.78, 5) is 9.98. The highest BCUT2D eigenvalue weighted by atomic mass is 35.5. The van der Waals surface area contributed by atoms with E-state index in [4.69, 9.17) is 17.3 Å². The molecule has 1 aromatic heterocycles. The molecule has 0 atom stereocenters. The minimum Gasteiger partial charge on any atom is -0.394 e. The lowest BCUT2D eigenvalue weighted by atomic mass is 10.2. The summed E-state index contributed by atoms with van der Waals surface area (Å²) >= 11 is 5.94. The molecule has 0 aliphatic carbocycles. The molecule has 88 valence electrons. The van der Waals surface area contributed by atoms with Crippen LogP contribution in [0.5, 0.6) is 0 Å². The highest BCUT2D eigenvalue weighted by Crippen LogP contribution is 2.19. The van der Waals surface area contributed by atoms with Gasteiger partial charge in [0.2, 0.25) is 0 Å². The van der Waals surface area contributed by atoms with Crippen LogP contribution in [0.25, 0.3) is 0 Å². The molecule has 2 rings (SSSR count). The number of halogens is 1. The van der Waals surface area contributed by atoms with Crippen LogP contribution in [-0.4, -0.2) is 17.0 Å². The molecule has 1 aromatic carbocycles. The van der Waals surface area contributed by atoms with Gasteiger partial charge in [-0.05, 0) is 17.7 Å². The van der Waals surface area contributed by atoms with Gasteiger partial charge in [0.05, 0.1) is 11.9 Å². The molecular weight excluding hydrogens is 236 g/mol. The zero-order valence-corrected chi connectivity index (χ0v) is 10.2. The van der Waals surface area contributed by atoms with Crippen LogP contribution in [0, 0.1) is 0 Å². The van der Waals surface area contributed by atoms with Gasteiger partial charge >= 0.3 is 0 Å². The van der Waals surface area contributed by atoms with E-state index in [0.29, 0.717) is 12.2 Å². The lowest BCUT2D eigenvalue weighted by molar-refractivity contribution is 0.893. The molecule has 17 heavy (non-hydrogen) atoms. The molecule has 0 radical (unpaired) electrons. The topological polar surface area (TPSA) is 55.0 Å². The van der Waals surface area contributed by atoms with E-state index in [0.717, 1.165) is 16.4 Å². The molecule has 2 N–H and O–H groups in total. The Balaban J connectivity index is 2.17. The van der Waals surface area contributed by atoms with Gasteiger partial charge in [0.25, 0.3) is 0 Å². The van der Waals surface area contributed by atoms with Crippen molar-refractivity contribution in [3.8, 4) is 0 Å². The van der Waals surface area contributed by atoms with Crippen LogP contribution in [0.15, 0.2) is 36.8 Å². The van der Waals surface area contributed by atoms with E-state index in [2.05, 4.69) is 9.97 Å². The number of hydrogen-bond acceptors (Lipinski definition) is 4. The highest BCUT2D eigenvalue weighted by molar-refractivity contribution is 6.30. The van der Waals surface area contributed by atoms with E-state index in [1.54, 1.807) is 6.20 Å². The van der Waals surface area contributed by atoms with Crippen molar-refractivity contribution < 1.29 is 0 Å². The van der Waals surface area contributed by atoms with Gasteiger partial charge < -0.3 is 10.6 Å². The number of aromatic nitrogens is 2. The van der Waals surface area contributed by atoms with Crippen molar-refractivity contribution >= 4 is 23.1 Å². The van der Waals surface area contributed by atoms with E-state index in [-0.39, 0.29) is 0 Å². The van der Waals surface area contributed by atoms with Gasteiger partial charge in [-0.3, -0.25) is 0 Å². The molecule has 0 saturated carbocycles. The number of nitrogens with two attached hydrogens (primary N) is 1. The molecule has 4 nitrogen and oxygen atoms in total. The predicted molar refractivity (Wildman–Crippen MR) is 70.0 cm³/mol. The monoisotopic (exact) mass is 248 g/mol. The summed E-state index contributed by atoms with van der Waals surface area (Å²) in [7, 11) is 1.93. The third-order valence-electron chi connectivity index (χ3n) is 2.39. The van der Waals surface area contributed by atoms with Gasteiger partial charge in [-0.2, -0.15) is 0 Å². The minimum absolute atomic E-state index is 0.567. The van der Waals surface area contributed by atoms with Crippen LogP contribution in [0.4, 0.5) is 11.5 Å². The molecule has 0 fully saturated rings. The Kier molecular flexibility index (Phi) is 3.44. The molecular formula is C12H13ClN4. The van der Waals surface area contributed by atoms with Crippen molar-refractivity contribution in [3.05, 3.63) is 47.4 Å². The number of benzene rings is 1. The maximum Gasteiger partial charge on any atom is 0.155 e. The number of nitrogen functional groups attached to an aromatic ring is 1. The largest absolute Gasteiger partial charge is 0.394 e. The van der Waals surface area contributed by atoms with Crippen LogP contribution in [-0.2, 0) is 6.54 Å². The Morgan fingerprint density at radius 3 is 2.94 bits per heavy atom. The first-order valence-electron chi connectivity index (χ1n) is 5.18. The molecule has 1 heterocycles. The van der Waals surface area contributed by atoms with Crippen molar-refractivity contribution in [2.24, 2.45) is 0 Å².